The van der Waals surface area contributed by atoms with Crippen LogP contribution in [0.1, 0.15) is 27.9 Å². The molecule has 3 rings (SSSR count). The first kappa shape index (κ1) is 21.4. The van der Waals surface area contributed by atoms with Crippen LogP contribution < -0.4 is 5.32 Å². The third-order valence-electron chi connectivity index (χ3n) is 4.67. The summed E-state index contributed by atoms with van der Waals surface area (Å²) >= 11 is 5.34. The van der Waals surface area contributed by atoms with E-state index in [9.17, 15) is 9.59 Å². The fourth-order valence-electron chi connectivity index (χ4n) is 3.10. The number of carbonyl (C=O) groups is 2. The average Bonchev–Trinajstić information content (AvgIpc) is 3.10. The molecule has 0 aliphatic heterocycles. The number of hydrogen-bond acceptors (Lipinski definition) is 4. The molecule has 30 heavy (non-hydrogen) atoms. The van der Waals surface area contributed by atoms with Crippen molar-refractivity contribution in [3.63, 3.8) is 0 Å². The number of rotatable bonds is 7. The van der Waals surface area contributed by atoms with Crippen LogP contribution >= 0.6 is 12.2 Å². The summed E-state index contributed by atoms with van der Waals surface area (Å²) in [5.41, 5.74) is 3.54. The van der Waals surface area contributed by atoms with Gasteiger partial charge < -0.3 is 10.2 Å². The van der Waals surface area contributed by atoms with Gasteiger partial charge in [0.1, 0.15) is 0 Å². The molecule has 0 aliphatic carbocycles. The minimum atomic E-state index is -0.0994. The van der Waals surface area contributed by atoms with E-state index in [1.807, 2.05) is 47.9 Å². The van der Waals surface area contributed by atoms with Crippen molar-refractivity contribution in [2.24, 2.45) is 0 Å². The monoisotopic (exact) mass is 423 g/mol. The molecule has 2 amide bonds. The van der Waals surface area contributed by atoms with Gasteiger partial charge in [-0.3, -0.25) is 19.3 Å². The Bertz CT molecular complexity index is 1120. The Hall–Kier alpha value is -3.26. The van der Waals surface area contributed by atoms with E-state index in [-0.39, 0.29) is 18.2 Å². The molecule has 7 nitrogen and oxygen atoms in total. The number of carbonyl (C=O) groups excluding carboxylic acids is 2. The summed E-state index contributed by atoms with van der Waals surface area (Å²) in [4.78, 5) is 26.0. The quantitative estimate of drug-likeness (QED) is 0.571. The number of nitrogens with zero attached hydrogens (tertiary/aromatic N) is 3. The van der Waals surface area contributed by atoms with E-state index in [0.29, 0.717) is 29.2 Å². The van der Waals surface area contributed by atoms with Crippen LogP contribution in [0.3, 0.4) is 0 Å². The lowest BCUT2D eigenvalue weighted by molar-refractivity contribution is -0.121. The van der Waals surface area contributed by atoms with Gasteiger partial charge in [0.15, 0.2) is 10.6 Å². The first-order valence-corrected chi connectivity index (χ1v) is 10.1. The zero-order valence-corrected chi connectivity index (χ0v) is 18.1. The Balaban J connectivity index is 1.61. The van der Waals surface area contributed by atoms with Crippen LogP contribution in [0.15, 0.2) is 48.5 Å². The molecule has 8 heteroatoms. The number of H-pyrrole nitrogens is 1. The highest BCUT2D eigenvalue weighted by atomic mass is 32.1. The molecule has 0 fully saturated rings. The second-order valence-electron chi connectivity index (χ2n) is 7.30. The lowest BCUT2D eigenvalue weighted by atomic mass is 10.1. The van der Waals surface area contributed by atoms with Gasteiger partial charge >= 0.3 is 0 Å². The number of amides is 2. The van der Waals surface area contributed by atoms with Crippen LogP contribution in [0.25, 0.3) is 11.4 Å². The normalized spacial score (nSPS) is 10.6. The van der Waals surface area contributed by atoms with E-state index in [2.05, 4.69) is 15.5 Å². The molecule has 3 aromatic rings. The minimum Gasteiger partial charge on any atom is -0.352 e. The van der Waals surface area contributed by atoms with Crippen molar-refractivity contribution in [1.29, 1.82) is 0 Å². The fraction of sp³-hybridized carbons (Fsp3) is 0.273. The maximum atomic E-state index is 12.4. The Kier molecular flexibility index (Phi) is 6.79. The summed E-state index contributed by atoms with van der Waals surface area (Å²) in [6, 6.07) is 15.2. The Morgan fingerprint density at radius 1 is 1.17 bits per heavy atom. The van der Waals surface area contributed by atoms with Gasteiger partial charge in [0.05, 0.1) is 0 Å². The van der Waals surface area contributed by atoms with Crippen molar-refractivity contribution < 1.29 is 9.59 Å². The van der Waals surface area contributed by atoms with Crippen LogP contribution in [-0.4, -0.2) is 45.6 Å². The predicted molar refractivity (Wildman–Crippen MR) is 119 cm³/mol. The van der Waals surface area contributed by atoms with Crippen molar-refractivity contribution in [2.75, 3.05) is 14.1 Å². The highest BCUT2D eigenvalue weighted by Crippen LogP contribution is 2.18. The Labute approximate surface area is 180 Å². The summed E-state index contributed by atoms with van der Waals surface area (Å²) < 4.78 is 2.31. The van der Waals surface area contributed by atoms with Crippen molar-refractivity contribution in [2.45, 2.75) is 26.4 Å². The predicted octanol–water partition coefficient (Wildman–Crippen LogP) is 3.32. The largest absolute Gasteiger partial charge is 0.352 e. The topological polar surface area (TPSA) is 83.0 Å². The number of nitrogens with one attached hydrogen (secondary N) is 2. The van der Waals surface area contributed by atoms with Gasteiger partial charge in [0.2, 0.25) is 5.91 Å². The first-order chi connectivity index (χ1) is 14.3. The lowest BCUT2D eigenvalue weighted by Gasteiger charge is -2.12. The van der Waals surface area contributed by atoms with Gasteiger partial charge in [-0.05, 0) is 42.9 Å². The molecule has 156 valence electrons. The van der Waals surface area contributed by atoms with Crippen molar-refractivity contribution in [1.82, 2.24) is 25.0 Å². The molecule has 0 spiro atoms. The molecule has 0 saturated heterocycles. The Morgan fingerprint density at radius 3 is 2.67 bits per heavy atom. The molecule has 2 aromatic carbocycles. The molecule has 0 saturated carbocycles. The van der Waals surface area contributed by atoms with E-state index < -0.39 is 0 Å². The minimum absolute atomic E-state index is 0.0683. The smallest absolute Gasteiger partial charge is 0.253 e. The number of aromatic amines is 1. The summed E-state index contributed by atoms with van der Waals surface area (Å²) in [6.45, 7) is 2.79. The maximum Gasteiger partial charge on any atom is 0.253 e. The summed E-state index contributed by atoms with van der Waals surface area (Å²) in [5, 5.41) is 10.0. The number of hydrogen-bond donors (Lipinski definition) is 2. The molecule has 1 heterocycles. The van der Waals surface area contributed by atoms with Crippen LogP contribution in [0.4, 0.5) is 0 Å². The lowest BCUT2D eigenvalue weighted by Crippen LogP contribution is -2.25. The van der Waals surface area contributed by atoms with E-state index >= 15 is 0 Å². The van der Waals surface area contributed by atoms with E-state index in [4.69, 9.17) is 12.2 Å². The zero-order valence-electron chi connectivity index (χ0n) is 17.3. The van der Waals surface area contributed by atoms with Crippen molar-refractivity contribution >= 4 is 24.0 Å². The highest BCUT2D eigenvalue weighted by molar-refractivity contribution is 7.71. The highest BCUT2D eigenvalue weighted by Gasteiger charge is 2.12. The van der Waals surface area contributed by atoms with E-state index in [1.54, 1.807) is 26.2 Å². The molecule has 0 atom stereocenters. The number of aryl methyl sites for hydroxylation is 1. The number of benzene rings is 2. The van der Waals surface area contributed by atoms with Crippen molar-refractivity contribution in [3.8, 4) is 11.4 Å². The molecule has 0 radical (unpaired) electrons. The standard InChI is InChI=1S/C22H25N5O2S/c1-15-6-4-8-17(12-15)20-24-25-22(30)27(20)11-10-19(28)23-14-16-7-5-9-18(13-16)21(29)26(2)3/h4-9,12-13H,10-11,14H2,1-3H3,(H,23,28)(H,25,30). The van der Waals surface area contributed by atoms with Crippen LogP contribution in [0.5, 0.6) is 0 Å². The molecule has 0 bridgehead atoms. The zero-order chi connectivity index (χ0) is 21.7. The van der Waals surface area contributed by atoms with Crippen LogP contribution in [0, 0.1) is 11.7 Å². The van der Waals surface area contributed by atoms with Gasteiger partial charge in [-0.15, -0.1) is 0 Å². The van der Waals surface area contributed by atoms with Gasteiger partial charge in [-0.2, -0.15) is 5.10 Å². The second-order valence-corrected chi connectivity index (χ2v) is 7.69. The molecule has 0 unspecified atom stereocenters. The maximum absolute atomic E-state index is 12.4. The third kappa shape index (κ3) is 5.21. The van der Waals surface area contributed by atoms with Crippen LogP contribution in [-0.2, 0) is 17.9 Å². The summed E-state index contributed by atoms with van der Waals surface area (Å²) in [7, 11) is 3.42. The summed E-state index contributed by atoms with van der Waals surface area (Å²) in [6.07, 6.45) is 0.267. The van der Waals surface area contributed by atoms with E-state index in [0.717, 1.165) is 16.7 Å². The van der Waals surface area contributed by atoms with Crippen LogP contribution in [0.2, 0.25) is 0 Å². The van der Waals surface area contributed by atoms with Gasteiger partial charge in [0, 0.05) is 44.7 Å². The van der Waals surface area contributed by atoms with E-state index in [1.165, 1.54) is 4.90 Å². The third-order valence-corrected chi connectivity index (χ3v) is 4.98. The molecular weight excluding hydrogens is 398 g/mol. The van der Waals surface area contributed by atoms with Gasteiger partial charge in [-0.1, -0.05) is 35.9 Å². The van der Waals surface area contributed by atoms with Crippen molar-refractivity contribution in [3.05, 3.63) is 70.0 Å². The molecular formula is C22H25N5O2S. The average molecular weight is 424 g/mol. The fourth-order valence-corrected chi connectivity index (χ4v) is 3.33. The first-order valence-electron chi connectivity index (χ1n) is 9.64. The molecule has 0 aliphatic rings. The SMILES string of the molecule is Cc1cccc(-c2n[nH]c(=S)n2CCC(=O)NCc2cccc(C(=O)N(C)C)c2)c1. The molecule has 2 N–H and O–H groups in total. The molecule has 1 aromatic heterocycles. The number of aromatic nitrogens is 3. The van der Waals surface area contributed by atoms with Gasteiger partial charge in [-0.25, -0.2) is 0 Å². The van der Waals surface area contributed by atoms with Gasteiger partial charge in [0.25, 0.3) is 5.91 Å². The second kappa shape index (κ2) is 9.49. The Morgan fingerprint density at radius 2 is 1.93 bits per heavy atom. The summed E-state index contributed by atoms with van der Waals surface area (Å²) in [5.74, 6) is 0.546.